The summed E-state index contributed by atoms with van der Waals surface area (Å²) in [5.74, 6) is 1.37. The Labute approximate surface area is 140 Å². The van der Waals surface area contributed by atoms with Gasteiger partial charge in [-0.05, 0) is 55.8 Å². The van der Waals surface area contributed by atoms with Crippen LogP contribution in [-0.4, -0.2) is 30.9 Å². The highest BCUT2D eigenvalue weighted by Gasteiger charge is 2.23. The van der Waals surface area contributed by atoms with Crippen LogP contribution in [0.25, 0.3) is 0 Å². The quantitative estimate of drug-likeness (QED) is 0.900. The van der Waals surface area contributed by atoms with Crippen molar-refractivity contribution in [3.8, 4) is 0 Å². The molecule has 4 heteroatoms. The number of nitrogens with zero attached hydrogens (tertiary/aromatic N) is 1. The normalized spacial score (nSPS) is 19.1. The molecule has 1 N–H and O–H groups in total. The molecule has 0 spiro atoms. The molecule has 1 aliphatic heterocycles. The molecule has 2 unspecified atom stereocenters. The number of hydrogen-bond donors (Lipinski definition) is 1. The number of piperidine rings is 1. The summed E-state index contributed by atoms with van der Waals surface area (Å²) in [7, 11) is 1.92. The zero-order chi connectivity index (χ0) is 15.2. The molecule has 1 aliphatic rings. The molecule has 1 aromatic carbocycles. The third-order valence-electron chi connectivity index (χ3n) is 4.73. The number of aryl methyl sites for hydroxylation is 1. The van der Waals surface area contributed by atoms with E-state index < -0.39 is 0 Å². The molecule has 2 rings (SSSR count). The predicted octanol–water partition coefficient (Wildman–Crippen LogP) is 3.40. The van der Waals surface area contributed by atoms with Crippen molar-refractivity contribution in [3.05, 3.63) is 35.4 Å². The topological polar surface area (TPSA) is 32.3 Å². The summed E-state index contributed by atoms with van der Waals surface area (Å²) in [5, 5.41) is 3.44. The van der Waals surface area contributed by atoms with E-state index in [0.717, 1.165) is 13.1 Å². The van der Waals surface area contributed by atoms with E-state index in [1.54, 1.807) is 0 Å². The van der Waals surface area contributed by atoms with Crippen molar-refractivity contribution >= 4 is 18.3 Å². The van der Waals surface area contributed by atoms with Crippen LogP contribution in [0.3, 0.4) is 0 Å². The lowest BCUT2D eigenvalue weighted by Gasteiger charge is -2.29. The fourth-order valence-electron chi connectivity index (χ4n) is 3.09. The molecule has 1 aromatic rings. The van der Waals surface area contributed by atoms with Gasteiger partial charge in [-0.3, -0.25) is 4.79 Å². The summed E-state index contributed by atoms with van der Waals surface area (Å²) in [5.41, 5.74) is 2.49. The molecule has 1 heterocycles. The molecule has 22 heavy (non-hydrogen) atoms. The second-order valence-corrected chi connectivity index (χ2v) is 6.46. The van der Waals surface area contributed by atoms with E-state index in [1.165, 1.54) is 24.0 Å². The molecule has 124 valence electrons. The summed E-state index contributed by atoms with van der Waals surface area (Å²) in [6.07, 6.45) is 3.15. The van der Waals surface area contributed by atoms with Crippen molar-refractivity contribution in [2.45, 2.75) is 39.7 Å². The van der Waals surface area contributed by atoms with Gasteiger partial charge >= 0.3 is 0 Å². The maximum absolute atomic E-state index is 12.4. The monoisotopic (exact) mass is 324 g/mol. The van der Waals surface area contributed by atoms with Crippen LogP contribution in [0, 0.1) is 18.8 Å². The van der Waals surface area contributed by atoms with Crippen molar-refractivity contribution in [2.75, 3.05) is 20.1 Å². The molecule has 3 nitrogen and oxygen atoms in total. The Bertz CT molecular complexity index is 472. The van der Waals surface area contributed by atoms with E-state index >= 15 is 0 Å². The number of amides is 1. The maximum Gasteiger partial charge on any atom is 0.222 e. The summed E-state index contributed by atoms with van der Waals surface area (Å²) in [6.45, 7) is 7.22. The minimum atomic E-state index is 0. The summed E-state index contributed by atoms with van der Waals surface area (Å²) >= 11 is 0. The lowest BCUT2D eigenvalue weighted by molar-refractivity contribution is -0.131. The number of hydrogen-bond acceptors (Lipinski definition) is 2. The van der Waals surface area contributed by atoms with Crippen LogP contribution in [0.4, 0.5) is 0 Å². The van der Waals surface area contributed by atoms with Gasteiger partial charge in [-0.15, -0.1) is 12.4 Å². The molecule has 0 aliphatic carbocycles. The average molecular weight is 325 g/mol. The van der Waals surface area contributed by atoms with Gasteiger partial charge in [-0.2, -0.15) is 0 Å². The van der Waals surface area contributed by atoms with Crippen LogP contribution >= 0.6 is 12.4 Å². The first kappa shape index (κ1) is 19.0. The van der Waals surface area contributed by atoms with E-state index in [0.29, 0.717) is 24.8 Å². The standard InChI is InChI=1S/C18H28N2O.ClH/c1-14-7-4-5-8-17(14)13-20(3)18(21)11-15(2)16-9-6-10-19-12-16;/h4-5,7-8,15-16,19H,6,9-13H2,1-3H3;1H. The Morgan fingerprint density at radius 1 is 1.41 bits per heavy atom. The van der Waals surface area contributed by atoms with Crippen molar-refractivity contribution < 1.29 is 4.79 Å². The smallest absolute Gasteiger partial charge is 0.222 e. The third-order valence-corrected chi connectivity index (χ3v) is 4.73. The Morgan fingerprint density at radius 3 is 2.77 bits per heavy atom. The van der Waals surface area contributed by atoms with Gasteiger partial charge in [-0.1, -0.05) is 31.2 Å². The number of rotatable bonds is 5. The minimum absolute atomic E-state index is 0. The van der Waals surface area contributed by atoms with E-state index in [1.807, 2.05) is 24.1 Å². The van der Waals surface area contributed by atoms with Crippen LogP contribution in [0.2, 0.25) is 0 Å². The first-order valence-electron chi connectivity index (χ1n) is 8.07. The van der Waals surface area contributed by atoms with Gasteiger partial charge in [0.25, 0.3) is 0 Å². The molecule has 1 fully saturated rings. The summed E-state index contributed by atoms with van der Waals surface area (Å²) in [6, 6.07) is 8.29. The second kappa shape index (κ2) is 9.16. The van der Waals surface area contributed by atoms with Gasteiger partial charge in [0.05, 0.1) is 0 Å². The second-order valence-electron chi connectivity index (χ2n) is 6.46. The van der Waals surface area contributed by atoms with E-state index in [4.69, 9.17) is 0 Å². The first-order valence-corrected chi connectivity index (χ1v) is 8.07. The van der Waals surface area contributed by atoms with Crippen LogP contribution in [0.15, 0.2) is 24.3 Å². The number of benzene rings is 1. The average Bonchev–Trinajstić information content (AvgIpc) is 2.50. The Morgan fingerprint density at radius 2 is 2.14 bits per heavy atom. The van der Waals surface area contributed by atoms with Gasteiger partial charge in [-0.25, -0.2) is 0 Å². The maximum atomic E-state index is 12.4. The van der Waals surface area contributed by atoms with Crippen LogP contribution in [0.5, 0.6) is 0 Å². The molecule has 1 amide bonds. The Hall–Kier alpha value is -1.06. The van der Waals surface area contributed by atoms with E-state index in [-0.39, 0.29) is 18.3 Å². The van der Waals surface area contributed by atoms with E-state index in [9.17, 15) is 4.79 Å². The molecule has 0 saturated carbocycles. The molecule has 0 radical (unpaired) electrons. The lowest BCUT2D eigenvalue weighted by atomic mass is 9.85. The molecule has 1 saturated heterocycles. The number of carbonyl (C=O) groups is 1. The SMILES string of the molecule is Cc1ccccc1CN(C)C(=O)CC(C)C1CCCNC1.Cl. The van der Waals surface area contributed by atoms with Crippen LogP contribution in [-0.2, 0) is 11.3 Å². The molecule has 0 aromatic heterocycles. The lowest BCUT2D eigenvalue weighted by Crippen LogP contribution is -2.36. The minimum Gasteiger partial charge on any atom is -0.341 e. The van der Waals surface area contributed by atoms with Crippen LogP contribution < -0.4 is 5.32 Å². The highest BCUT2D eigenvalue weighted by Crippen LogP contribution is 2.23. The Balaban J connectivity index is 0.00000242. The number of halogens is 1. The summed E-state index contributed by atoms with van der Waals surface area (Å²) < 4.78 is 0. The molecule has 0 bridgehead atoms. The molecule has 2 atom stereocenters. The third kappa shape index (κ3) is 5.29. The Kier molecular flexibility index (Phi) is 7.91. The van der Waals surface area contributed by atoms with Gasteiger partial charge in [0.15, 0.2) is 0 Å². The fraction of sp³-hybridized carbons (Fsp3) is 0.611. The van der Waals surface area contributed by atoms with Gasteiger partial charge in [0, 0.05) is 20.0 Å². The first-order chi connectivity index (χ1) is 10.1. The van der Waals surface area contributed by atoms with Crippen molar-refractivity contribution in [3.63, 3.8) is 0 Å². The highest BCUT2D eigenvalue weighted by molar-refractivity contribution is 5.85. The fourth-order valence-corrected chi connectivity index (χ4v) is 3.09. The van der Waals surface area contributed by atoms with Crippen molar-refractivity contribution in [1.29, 1.82) is 0 Å². The zero-order valence-electron chi connectivity index (χ0n) is 14.0. The number of carbonyl (C=O) groups excluding carboxylic acids is 1. The summed E-state index contributed by atoms with van der Waals surface area (Å²) in [4.78, 5) is 14.3. The van der Waals surface area contributed by atoms with Gasteiger partial charge in [0.1, 0.15) is 0 Å². The zero-order valence-corrected chi connectivity index (χ0v) is 14.8. The van der Waals surface area contributed by atoms with Crippen molar-refractivity contribution in [2.24, 2.45) is 11.8 Å². The molecular formula is C18H29ClN2O. The predicted molar refractivity (Wildman–Crippen MR) is 94.3 cm³/mol. The van der Waals surface area contributed by atoms with Gasteiger partial charge < -0.3 is 10.2 Å². The molecular weight excluding hydrogens is 296 g/mol. The number of nitrogens with one attached hydrogen (secondary N) is 1. The van der Waals surface area contributed by atoms with Crippen molar-refractivity contribution in [1.82, 2.24) is 10.2 Å². The van der Waals surface area contributed by atoms with Crippen LogP contribution in [0.1, 0.15) is 37.3 Å². The largest absolute Gasteiger partial charge is 0.341 e. The van der Waals surface area contributed by atoms with Gasteiger partial charge in [0.2, 0.25) is 5.91 Å². The van der Waals surface area contributed by atoms with E-state index in [2.05, 4.69) is 31.3 Å². The highest BCUT2D eigenvalue weighted by atomic mass is 35.5.